The first-order valence-corrected chi connectivity index (χ1v) is 9.42. The molecular formula is C19H22N6O2S. The summed E-state index contributed by atoms with van der Waals surface area (Å²) in [5, 5.41) is 12.2. The van der Waals surface area contributed by atoms with Gasteiger partial charge in [0, 0.05) is 18.0 Å². The normalized spacial score (nSPS) is 10.7. The maximum absolute atomic E-state index is 12.6. The quantitative estimate of drug-likeness (QED) is 0.497. The van der Waals surface area contributed by atoms with E-state index in [4.69, 9.17) is 0 Å². The lowest BCUT2D eigenvalue weighted by Crippen LogP contribution is -2.28. The first-order valence-electron chi connectivity index (χ1n) is 8.97. The van der Waals surface area contributed by atoms with E-state index in [1.807, 2.05) is 45.0 Å². The molecule has 3 aromatic rings. The lowest BCUT2D eigenvalue weighted by Gasteiger charge is -2.11. The van der Waals surface area contributed by atoms with Gasteiger partial charge in [0.2, 0.25) is 0 Å². The second-order valence-electron chi connectivity index (χ2n) is 6.15. The molecule has 0 aliphatic rings. The second kappa shape index (κ2) is 8.30. The lowest BCUT2D eigenvalue weighted by molar-refractivity contribution is 0.0948. The van der Waals surface area contributed by atoms with Gasteiger partial charge in [-0.1, -0.05) is 18.2 Å². The highest BCUT2D eigenvalue weighted by Gasteiger charge is 2.17. The summed E-state index contributed by atoms with van der Waals surface area (Å²) in [6, 6.07) is 9.00. The zero-order valence-corrected chi connectivity index (χ0v) is 16.8. The van der Waals surface area contributed by atoms with E-state index >= 15 is 0 Å². The molecule has 0 saturated heterocycles. The van der Waals surface area contributed by atoms with Gasteiger partial charge in [-0.3, -0.25) is 10.1 Å². The molecule has 1 aromatic carbocycles. The fourth-order valence-electron chi connectivity index (χ4n) is 2.80. The largest absolute Gasteiger partial charge is 0.351 e. The zero-order chi connectivity index (χ0) is 20.3. The van der Waals surface area contributed by atoms with Crippen LogP contribution >= 0.6 is 12.6 Å². The Kier molecular flexibility index (Phi) is 5.84. The third-order valence-corrected chi connectivity index (χ3v) is 4.71. The molecule has 0 atom stereocenters. The molecule has 2 heterocycles. The molecule has 9 heteroatoms. The van der Waals surface area contributed by atoms with Crippen molar-refractivity contribution >= 4 is 36.2 Å². The molecule has 0 bridgehead atoms. The Hall–Kier alpha value is -3.07. The highest BCUT2D eigenvalue weighted by Crippen LogP contribution is 2.30. The number of carbonyl (C=O) groups is 2. The fraction of sp³-hybridized carbons (Fsp3) is 0.263. The van der Waals surface area contributed by atoms with E-state index < -0.39 is 6.03 Å². The predicted octanol–water partition coefficient (Wildman–Crippen LogP) is 2.88. The van der Waals surface area contributed by atoms with E-state index in [-0.39, 0.29) is 11.9 Å². The Morgan fingerprint density at radius 2 is 1.89 bits per heavy atom. The average Bonchev–Trinajstić information content (AvgIpc) is 3.05. The molecule has 0 aliphatic carbocycles. The summed E-state index contributed by atoms with van der Waals surface area (Å²) < 4.78 is 1.42. The van der Waals surface area contributed by atoms with Gasteiger partial charge in [-0.25, -0.2) is 9.31 Å². The van der Waals surface area contributed by atoms with Crippen molar-refractivity contribution in [3.63, 3.8) is 0 Å². The van der Waals surface area contributed by atoms with Gasteiger partial charge in [-0.05, 0) is 49.6 Å². The number of aryl methyl sites for hydroxylation is 1. The number of nitrogens with zero attached hydrogens (tertiary/aromatic N) is 3. The third kappa shape index (κ3) is 3.94. The summed E-state index contributed by atoms with van der Waals surface area (Å²) in [6.45, 7) is 6.58. The maximum Gasteiger partial charge on any atom is 0.321 e. The SMILES string of the molecule is CCNC(=O)Nc1nc2cc(-c3cccc(C)c3S)cc(C(=O)NCC)n2n1. The van der Waals surface area contributed by atoms with Crippen molar-refractivity contribution in [2.24, 2.45) is 0 Å². The number of anilines is 1. The smallest absolute Gasteiger partial charge is 0.321 e. The topological polar surface area (TPSA) is 100 Å². The van der Waals surface area contributed by atoms with E-state index in [2.05, 4.69) is 38.7 Å². The Morgan fingerprint density at radius 1 is 1.14 bits per heavy atom. The molecule has 0 spiro atoms. The summed E-state index contributed by atoms with van der Waals surface area (Å²) in [4.78, 5) is 29.6. The van der Waals surface area contributed by atoms with Crippen molar-refractivity contribution in [1.29, 1.82) is 0 Å². The number of hydrogen-bond donors (Lipinski definition) is 4. The molecule has 3 rings (SSSR count). The van der Waals surface area contributed by atoms with Gasteiger partial charge in [-0.15, -0.1) is 17.7 Å². The summed E-state index contributed by atoms with van der Waals surface area (Å²) in [5.41, 5.74) is 3.47. The average molecular weight is 398 g/mol. The monoisotopic (exact) mass is 398 g/mol. The van der Waals surface area contributed by atoms with Crippen LogP contribution in [0.4, 0.5) is 10.7 Å². The molecule has 3 amide bonds. The van der Waals surface area contributed by atoms with Crippen LogP contribution in [0.15, 0.2) is 35.2 Å². The van der Waals surface area contributed by atoms with E-state index in [9.17, 15) is 9.59 Å². The lowest BCUT2D eigenvalue weighted by atomic mass is 10.0. The molecule has 28 heavy (non-hydrogen) atoms. The van der Waals surface area contributed by atoms with Crippen molar-refractivity contribution in [2.45, 2.75) is 25.7 Å². The fourth-order valence-corrected chi connectivity index (χ4v) is 3.08. The van der Waals surface area contributed by atoms with E-state index in [1.54, 1.807) is 6.07 Å². The number of benzene rings is 1. The Morgan fingerprint density at radius 3 is 2.61 bits per heavy atom. The minimum Gasteiger partial charge on any atom is -0.351 e. The summed E-state index contributed by atoms with van der Waals surface area (Å²) >= 11 is 4.61. The third-order valence-electron chi connectivity index (χ3n) is 4.12. The molecule has 8 nitrogen and oxygen atoms in total. The number of aromatic nitrogens is 3. The van der Waals surface area contributed by atoms with Crippen LogP contribution in [-0.2, 0) is 0 Å². The van der Waals surface area contributed by atoms with Crippen molar-refractivity contribution in [3.8, 4) is 11.1 Å². The Balaban J connectivity index is 2.15. The zero-order valence-electron chi connectivity index (χ0n) is 15.9. The van der Waals surface area contributed by atoms with Gasteiger partial charge < -0.3 is 10.6 Å². The number of pyridine rings is 1. The molecule has 0 aliphatic heterocycles. The summed E-state index contributed by atoms with van der Waals surface area (Å²) in [5.74, 6) is -0.166. The number of fused-ring (bicyclic) bond motifs is 1. The molecule has 0 saturated carbocycles. The number of nitrogens with one attached hydrogen (secondary N) is 3. The van der Waals surface area contributed by atoms with Crippen LogP contribution in [0.1, 0.15) is 29.9 Å². The number of rotatable bonds is 5. The maximum atomic E-state index is 12.6. The van der Waals surface area contributed by atoms with Crippen molar-refractivity contribution in [3.05, 3.63) is 41.6 Å². The van der Waals surface area contributed by atoms with Crippen molar-refractivity contribution in [1.82, 2.24) is 25.2 Å². The predicted molar refractivity (Wildman–Crippen MR) is 111 cm³/mol. The molecule has 0 unspecified atom stereocenters. The Bertz CT molecular complexity index is 1050. The number of thiol groups is 1. The van der Waals surface area contributed by atoms with Crippen LogP contribution in [0.25, 0.3) is 16.8 Å². The molecule has 2 aromatic heterocycles. The van der Waals surface area contributed by atoms with Gasteiger partial charge in [0.05, 0.1) is 0 Å². The van der Waals surface area contributed by atoms with E-state index in [1.165, 1.54) is 4.52 Å². The van der Waals surface area contributed by atoms with E-state index in [0.717, 1.165) is 21.6 Å². The number of urea groups is 1. The van der Waals surface area contributed by atoms with Crippen LogP contribution in [0.2, 0.25) is 0 Å². The van der Waals surface area contributed by atoms with Gasteiger partial charge in [0.25, 0.3) is 11.9 Å². The van der Waals surface area contributed by atoms with Crippen LogP contribution in [0.5, 0.6) is 0 Å². The molecule has 0 radical (unpaired) electrons. The van der Waals surface area contributed by atoms with Crippen LogP contribution in [-0.4, -0.2) is 39.6 Å². The van der Waals surface area contributed by atoms with Gasteiger partial charge in [0.1, 0.15) is 5.69 Å². The Labute approximate surface area is 168 Å². The van der Waals surface area contributed by atoms with Gasteiger partial charge >= 0.3 is 6.03 Å². The van der Waals surface area contributed by atoms with Gasteiger partial charge in [0.15, 0.2) is 5.65 Å². The van der Waals surface area contributed by atoms with Crippen LogP contribution < -0.4 is 16.0 Å². The number of hydrogen-bond acceptors (Lipinski definition) is 5. The van der Waals surface area contributed by atoms with E-state index in [0.29, 0.717) is 24.4 Å². The van der Waals surface area contributed by atoms with Crippen molar-refractivity contribution < 1.29 is 9.59 Å². The molecule has 0 fully saturated rings. The van der Waals surface area contributed by atoms with Crippen LogP contribution in [0, 0.1) is 6.92 Å². The highest BCUT2D eigenvalue weighted by atomic mass is 32.1. The molecular weight excluding hydrogens is 376 g/mol. The summed E-state index contributed by atoms with van der Waals surface area (Å²) in [7, 11) is 0. The standard InChI is InChI=1S/C19H22N6O2S/c1-4-20-17(26)14-9-12(13-8-6-7-11(3)16(13)28)10-15-22-18(24-25(14)15)23-19(27)21-5-2/h6-10,28H,4-5H2,1-3H3,(H,20,26)(H2,21,23,24,27). The van der Waals surface area contributed by atoms with Gasteiger partial charge in [-0.2, -0.15) is 4.98 Å². The highest BCUT2D eigenvalue weighted by molar-refractivity contribution is 7.80. The second-order valence-corrected chi connectivity index (χ2v) is 6.60. The first-order chi connectivity index (χ1) is 13.4. The minimum absolute atomic E-state index is 0.115. The minimum atomic E-state index is -0.408. The molecule has 3 N–H and O–H groups in total. The van der Waals surface area contributed by atoms with Crippen molar-refractivity contribution in [2.75, 3.05) is 18.4 Å². The molecule has 146 valence electrons. The number of amides is 3. The first kappa shape index (κ1) is 19.7. The summed E-state index contributed by atoms with van der Waals surface area (Å²) in [6.07, 6.45) is 0. The number of carbonyl (C=O) groups excluding carboxylic acids is 2. The van der Waals surface area contributed by atoms with Crippen LogP contribution in [0.3, 0.4) is 0 Å².